The number of anilines is 1. The fourth-order valence-corrected chi connectivity index (χ4v) is 3.51. The molecule has 0 saturated carbocycles. The Hall–Kier alpha value is -2.99. The molecule has 3 aromatic rings. The number of rotatable bonds is 6. The zero-order chi connectivity index (χ0) is 18.5. The Morgan fingerprint density at radius 2 is 2.04 bits per heavy atom. The molecule has 0 unspecified atom stereocenters. The largest absolute Gasteiger partial charge is 0.353 e. The van der Waals surface area contributed by atoms with E-state index in [1.807, 2.05) is 30.7 Å². The van der Waals surface area contributed by atoms with Crippen LogP contribution in [0.4, 0.5) is 5.69 Å². The summed E-state index contributed by atoms with van der Waals surface area (Å²) < 4.78 is 0. The standard InChI is InChI=1S/C21H24N6/c1-16(25-19-6-5-7-22-13-19)21-20(14-24-26-21)18-10-17(11-23-12-18)15-27-8-3-2-4-9-27/h5-7,10-14,25H,1-4,8-9,15H2,(H,24,26). The first-order chi connectivity index (χ1) is 13.3. The third kappa shape index (κ3) is 4.23. The fraction of sp³-hybridized carbons (Fsp3) is 0.286. The van der Waals surface area contributed by atoms with Crippen molar-refractivity contribution in [3.8, 4) is 11.1 Å². The van der Waals surface area contributed by atoms with Crippen LogP contribution in [0.1, 0.15) is 30.5 Å². The zero-order valence-electron chi connectivity index (χ0n) is 15.4. The molecule has 0 spiro atoms. The maximum atomic E-state index is 4.46. The minimum atomic E-state index is 0.723. The minimum absolute atomic E-state index is 0.723. The molecule has 0 bridgehead atoms. The molecule has 6 heteroatoms. The molecular formula is C21H24N6. The van der Waals surface area contributed by atoms with Gasteiger partial charge in [0.2, 0.25) is 0 Å². The van der Waals surface area contributed by atoms with E-state index in [0.717, 1.165) is 34.8 Å². The van der Waals surface area contributed by atoms with Crippen LogP contribution in [-0.2, 0) is 6.54 Å². The van der Waals surface area contributed by atoms with E-state index in [1.54, 1.807) is 12.4 Å². The van der Waals surface area contributed by atoms with E-state index in [4.69, 9.17) is 0 Å². The predicted molar refractivity (Wildman–Crippen MR) is 108 cm³/mol. The number of likely N-dealkylation sites (tertiary alicyclic amines) is 1. The lowest BCUT2D eigenvalue weighted by atomic mass is 10.0. The van der Waals surface area contributed by atoms with Crippen molar-refractivity contribution < 1.29 is 0 Å². The average molecular weight is 360 g/mol. The maximum absolute atomic E-state index is 4.46. The molecule has 0 aromatic carbocycles. The van der Waals surface area contributed by atoms with Crippen LogP contribution in [0, 0.1) is 0 Å². The van der Waals surface area contributed by atoms with Crippen LogP contribution in [0.5, 0.6) is 0 Å². The van der Waals surface area contributed by atoms with Gasteiger partial charge in [-0.3, -0.25) is 20.0 Å². The molecule has 4 heterocycles. The van der Waals surface area contributed by atoms with Crippen LogP contribution in [0.15, 0.2) is 55.8 Å². The first-order valence-corrected chi connectivity index (χ1v) is 9.36. The second kappa shape index (κ2) is 8.14. The average Bonchev–Trinajstić information content (AvgIpc) is 3.20. The van der Waals surface area contributed by atoms with Gasteiger partial charge in [0.05, 0.1) is 17.6 Å². The Kier molecular flexibility index (Phi) is 5.25. The van der Waals surface area contributed by atoms with E-state index in [0.29, 0.717) is 0 Å². The molecule has 0 atom stereocenters. The summed E-state index contributed by atoms with van der Waals surface area (Å²) in [6, 6.07) is 6.04. The molecule has 0 amide bonds. The van der Waals surface area contributed by atoms with E-state index < -0.39 is 0 Å². The van der Waals surface area contributed by atoms with Crippen molar-refractivity contribution in [1.29, 1.82) is 0 Å². The lowest BCUT2D eigenvalue weighted by Crippen LogP contribution is -2.29. The number of nitrogens with zero attached hydrogens (tertiary/aromatic N) is 4. The van der Waals surface area contributed by atoms with E-state index in [2.05, 4.69) is 43.0 Å². The summed E-state index contributed by atoms with van der Waals surface area (Å²) in [4.78, 5) is 11.1. The molecule has 0 aliphatic carbocycles. The number of hydrogen-bond donors (Lipinski definition) is 2. The van der Waals surface area contributed by atoms with Crippen LogP contribution in [0.3, 0.4) is 0 Å². The maximum Gasteiger partial charge on any atom is 0.116 e. The van der Waals surface area contributed by atoms with Crippen molar-refractivity contribution in [2.75, 3.05) is 18.4 Å². The van der Waals surface area contributed by atoms with Crippen molar-refractivity contribution in [1.82, 2.24) is 25.1 Å². The molecule has 1 saturated heterocycles. The van der Waals surface area contributed by atoms with Gasteiger partial charge in [-0.25, -0.2) is 0 Å². The highest BCUT2D eigenvalue weighted by Gasteiger charge is 2.14. The van der Waals surface area contributed by atoms with E-state index in [1.165, 1.54) is 37.9 Å². The zero-order valence-corrected chi connectivity index (χ0v) is 15.4. The van der Waals surface area contributed by atoms with Gasteiger partial charge in [0.15, 0.2) is 0 Å². The normalized spacial score (nSPS) is 14.8. The summed E-state index contributed by atoms with van der Waals surface area (Å²) in [6.07, 6.45) is 13.2. The van der Waals surface area contributed by atoms with Gasteiger partial charge in [-0.05, 0) is 49.7 Å². The number of hydrogen-bond acceptors (Lipinski definition) is 5. The second-order valence-electron chi connectivity index (χ2n) is 6.91. The third-order valence-electron chi connectivity index (χ3n) is 4.84. The first kappa shape index (κ1) is 17.4. The van der Waals surface area contributed by atoms with E-state index >= 15 is 0 Å². The number of aromatic amines is 1. The van der Waals surface area contributed by atoms with Crippen molar-refractivity contribution in [2.45, 2.75) is 25.8 Å². The van der Waals surface area contributed by atoms with Crippen molar-refractivity contribution >= 4 is 11.4 Å². The molecule has 3 aromatic heterocycles. The first-order valence-electron chi connectivity index (χ1n) is 9.36. The Balaban J connectivity index is 1.53. The van der Waals surface area contributed by atoms with Gasteiger partial charge >= 0.3 is 0 Å². The molecule has 1 fully saturated rings. The molecule has 27 heavy (non-hydrogen) atoms. The van der Waals surface area contributed by atoms with Gasteiger partial charge in [-0.2, -0.15) is 5.10 Å². The van der Waals surface area contributed by atoms with Crippen LogP contribution in [-0.4, -0.2) is 38.2 Å². The number of aromatic nitrogens is 4. The van der Waals surface area contributed by atoms with Crippen LogP contribution in [0.25, 0.3) is 16.8 Å². The summed E-state index contributed by atoms with van der Waals surface area (Å²) in [5.74, 6) is 0. The van der Waals surface area contributed by atoms with Gasteiger partial charge in [-0.1, -0.05) is 13.0 Å². The van der Waals surface area contributed by atoms with Gasteiger partial charge in [-0.15, -0.1) is 0 Å². The molecule has 2 N–H and O–H groups in total. The number of H-pyrrole nitrogens is 1. The lowest BCUT2D eigenvalue weighted by molar-refractivity contribution is 0.220. The molecule has 0 radical (unpaired) electrons. The van der Waals surface area contributed by atoms with Crippen LogP contribution in [0.2, 0.25) is 0 Å². The molecule has 4 rings (SSSR count). The molecule has 1 aliphatic heterocycles. The quantitative estimate of drug-likeness (QED) is 0.697. The molecule has 138 valence electrons. The summed E-state index contributed by atoms with van der Waals surface area (Å²) in [6.45, 7) is 7.44. The Morgan fingerprint density at radius 3 is 2.85 bits per heavy atom. The monoisotopic (exact) mass is 360 g/mol. The van der Waals surface area contributed by atoms with Gasteiger partial charge in [0.25, 0.3) is 0 Å². The van der Waals surface area contributed by atoms with Gasteiger partial charge in [0, 0.05) is 42.5 Å². The van der Waals surface area contributed by atoms with Gasteiger partial charge < -0.3 is 5.32 Å². The Bertz CT molecular complexity index is 896. The van der Waals surface area contributed by atoms with E-state index in [-0.39, 0.29) is 0 Å². The Morgan fingerprint density at radius 1 is 1.15 bits per heavy atom. The van der Waals surface area contributed by atoms with E-state index in [9.17, 15) is 0 Å². The highest BCUT2D eigenvalue weighted by Crippen LogP contribution is 2.27. The van der Waals surface area contributed by atoms with Crippen molar-refractivity contribution in [3.05, 3.63) is 67.0 Å². The lowest BCUT2D eigenvalue weighted by Gasteiger charge is -2.26. The number of piperidine rings is 1. The second-order valence-corrected chi connectivity index (χ2v) is 6.91. The molecular weight excluding hydrogens is 336 g/mol. The number of pyridine rings is 2. The van der Waals surface area contributed by atoms with Crippen molar-refractivity contribution in [3.63, 3.8) is 0 Å². The summed E-state index contributed by atoms with van der Waals surface area (Å²) >= 11 is 0. The van der Waals surface area contributed by atoms with Crippen LogP contribution < -0.4 is 5.32 Å². The summed E-state index contributed by atoms with van der Waals surface area (Å²) in [5.41, 5.74) is 5.66. The topological polar surface area (TPSA) is 69.7 Å². The molecule has 6 nitrogen and oxygen atoms in total. The van der Waals surface area contributed by atoms with Crippen LogP contribution >= 0.6 is 0 Å². The third-order valence-corrected chi connectivity index (χ3v) is 4.84. The fourth-order valence-electron chi connectivity index (χ4n) is 3.51. The highest BCUT2D eigenvalue weighted by molar-refractivity contribution is 5.82. The van der Waals surface area contributed by atoms with Crippen molar-refractivity contribution in [2.24, 2.45) is 0 Å². The molecule has 1 aliphatic rings. The Labute approximate surface area is 159 Å². The number of nitrogens with one attached hydrogen (secondary N) is 2. The SMILES string of the molecule is C=C(Nc1cccnc1)c1n[nH]cc1-c1cncc(CN2CCCCC2)c1. The summed E-state index contributed by atoms with van der Waals surface area (Å²) in [7, 11) is 0. The van der Waals surface area contributed by atoms with Gasteiger partial charge in [0.1, 0.15) is 5.69 Å². The predicted octanol–water partition coefficient (Wildman–Crippen LogP) is 3.94. The summed E-state index contributed by atoms with van der Waals surface area (Å²) in [5, 5.41) is 10.6. The smallest absolute Gasteiger partial charge is 0.116 e. The highest BCUT2D eigenvalue weighted by atomic mass is 15.1. The minimum Gasteiger partial charge on any atom is -0.353 e.